The van der Waals surface area contributed by atoms with Crippen LogP contribution in [0.15, 0.2) is 82.4 Å². The van der Waals surface area contributed by atoms with Crippen molar-refractivity contribution in [2.75, 3.05) is 0 Å². The van der Waals surface area contributed by atoms with Crippen molar-refractivity contribution in [1.82, 2.24) is 0 Å². The molecule has 1 fully saturated rings. The summed E-state index contributed by atoms with van der Waals surface area (Å²) < 4.78 is 0.988. The molecule has 5 heteroatoms. The van der Waals surface area contributed by atoms with E-state index in [9.17, 15) is 4.79 Å². The van der Waals surface area contributed by atoms with Crippen molar-refractivity contribution in [2.45, 2.75) is 19.3 Å². The molecule has 0 aromatic heterocycles. The zero-order valence-corrected chi connectivity index (χ0v) is 18.2. The van der Waals surface area contributed by atoms with Gasteiger partial charge in [-0.15, -0.1) is 0 Å². The number of carbonyl (C=O) groups is 1. The molecule has 0 saturated heterocycles. The van der Waals surface area contributed by atoms with Gasteiger partial charge < -0.3 is 4.84 Å². The predicted octanol–water partition coefficient (Wildman–Crippen LogP) is 6.78. The third-order valence-corrected chi connectivity index (χ3v) is 5.87. The molecule has 2 unspecified atom stereocenters. The highest BCUT2D eigenvalue weighted by Crippen LogP contribution is 2.49. The van der Waals surface area contributed by atoms with Gasteiger partial charge in [0.15, 0.2) is 0 Å². The molecule has 4 rings (SSSR count). The molecule has 2 atom stereocenters. The van der Waals surface area contributed by atoms with Crippen LogP contribution in [-0.2, 0) is 4.84 Å². The third-order valence-electron chi connectivity index (χ3n) is 5.09. The van der Waals surface area contributed by atoms with Crippen LogP contribution in [0.4, 0.5) is 0 Å². The number of benzene rings is 3. The second-order valence-corrected chi connectivity index (χ2v) is 8.58. The molecule has 1 aliphatic carbocycles. The Morgan fingerprint density at radius 2 is 1.59 bits per heavy atom. The van der Waals surface area contributed by atoms with Gasteiger partial charge in [0, 0.05) is 15.4 Å². The number of aryl methyl sites for hydroxylation is 1. The maximum Gasteiger partial charge on any atom is 0.365 e. The van der Waals surface area contributed by atoms with Crippen molar-refractivity contribution in [2.24, 2.45) is 11.1 Å². The molecule has 146 valence electrons. The first-order valence-corrected chi connectivity index (χ1v) is 10.6. The predicted molar refractivity (Wildman–Crippen MR) is 120 cm³/mol. The van der Waals surface area contributed by atoms with E-state index >= 15 is 0 Å². The molecule has 0 aliphatic heterocycles. The number of carbonyl (C=O) groups excluding carboxylic acids is 1. The highest BCUT2D eigenvalue weighted by Gasteiger charge is 2.43. The number of nitrogens with zero attached hydrogens (tertiary/aromatic N) is 1. The summed E-state index contributed by atoms with van der Waals surface area (Å²) in [4.78, 5) is 17.8. The molecule has 0 N–H and O–H groups in total. The number of rotatable bonds is 5. The number of oxime groups is 1. The van der Waals surface area contributed by atoms with Crippen LogP contribution in [0.3, 0.4) is 0 Å². The summed E-state index contributed by atoms with van der Waals surface area (Å²) in [5.41, 5.74) is 4.53. The highest BCUT2D eigenvalue weighted by molar-refractivity contribution is 9.10. The van der Waals surface area contributed by atoms with Gasteiger partial charge in [0.1, 0.15) is 0 Å². The van der Waals surface area contributed by atoms with Gasteiger partial charge >= 0.3 is 5.97 Å². The van der Waals surface area contributed by atoms with Gasteiger partial charge in [0.2, 0.25) is 0 Å². The summed E-state index contributed by atoms with van der Waals surface area (Å²) >= 11 is 9.48. The van der Waals surface area contributed by atoms with Crippen LogP contribution in [0.1, 0.15) is 39.4 Å². The summed E-state index contributed by atoms with van der Waals surface area (Å²) in [5, 5.41) is 5.03. The Labute approximate surface area is 183 Å². The summed E-state index contributed by atoms with van der Waals surface area (Å²) in [7, 11) is 0. The second-order valence-electron chi connectivity index (χ2n) is 7.23. The average molecular weight is 469 g/mol. The molecule has 1 aliphatic rings. The minimum Gasteiger partial charge on any atom is -0.313 e. The van der Waals surface area contributed by atoms with Crippen LogP contribution < -0.4 is 0 Å². The Bertz CT molecular complexity index is 1040. The SMILES string of the molecule is Cc1ccc(C(=O)O/N=C(/c2ccc(Br)cc2)C2CC2c2ccc(Cl)cc2)cc1. The zero-order chi connectivity index (χ0) is 20.4. The first-order chi connectivity index (χ1) is 14.0. The fourth-order valence-corrected chi connectivity index (χ4v) is 3.75. The van der Waals surface area contributed by atoms with Crippen molar-refractivity contribution in [1.29, 1.82) is 0 Å². The van der Waals surface area contributed by atoms with E-state index < -0.39 is 5.97 Å². The minimum absolute atomic E-state index is 0.197. The Hall–Kier alpha value is -2.43. The van der Waals surface area contributed by atoms with Crippen LogP contribution in [0.25, 0.3) is 0 Å². The average Bonchev–Trinajstić information content (AvgIpc) is 3.51. The first kappa shape index (κ1) is 19.9. The Morgan fingerprint density at radius 3 is 2.24 bits per heavy atom. The number of hydrogen-bond acceptors (Lipinski definition) is 3. The van der Waals surface area contributed by atoms with E-state index in [0.717, 1.165) is 32.8 Å². The molecule has 0 spiro atoms. The maximum atomic E-state index is 12.4. The van der Waals surface area contributed by atoms with Gasteiger partial charge in [-0.3, -0.25) is 0 Å². The quantitative estimate of drug-likeness (QED) is 0.235. The normalized spacial score (nSPS) is 18.4. The molecule has 0 amide bonds. The van der Waals surface area contributed by atoms with Crippen LogP contribution in [0.2, 0.25) is 5.02 Å². The molecule has 3 aromatic carbocycles. The lowest BCUT2D eigenvalue weighted by Gasteiger charge is -2.07. The van der Waals surface area contributed by atoms with E-state index in [1.807, 2.05) is 67.6 Å². The monoisotopic (exact) mass is 467 g/mol. The van der Waals surface area contributed by atoms with Crippen molar-refractivity contribution in [3.8, 4) is 0 Å². The van der Waals surface area contributed by atoms with Crippen LogP contribution in [0, 0.1) is 12.8 Å². The van der Waals surface area contributed by atoms with Gasteiger partial charge in [-0.05, 0) is 66.8 Å². The van der Waals surface area contributed by atoms with Gasteiger partial charge in [-0.25, -0.2) is 4.79 Å². The molecular weight excluding hydrogens is 450 g/mol. The van der Waals surface area contributed by atoms with Crippen molar-refractivity contribution < 1.29 is 9.63 Å². The lowest BCUT2D eigenvalue weighted by Crippen LogP contribution is -2.09. The summed E-state index contributed by atoms with van der Waals surface area (Å²) in [6, 6.07) is 23.1. The van der Waals surface area contributed by atoms with E-state index in [4.69, 9.17) is 16.4 Å². The van der Waals surface area contributed by atoms with E-state index in [2.05, 4.69) is 21.1 Å². The Balaban J connectivity index is 1.58. The van der Waals surface area contributed by atoms with Gasteiger partial charge in [0.05, 0.1) is 11.3 Å². The van der Waals surface area contributed by atoms with Crippen LogP contribution in [0.5, 0.6) is 0 Å². The minimum atomic E-state index is -0.455. The van der Waals surface area contributed by atoms with E-state index in [-0.39, 0.29) is 5.92 Å². The number of halogens is 2. The molecule has 3 aromatic rings. The Kier molecular flexibility index (Phi) is 5.84. The van der Waals surface area contributed by atoms with E-state index in [1.54, 1.807) is 12.1 Å². The largest absolute Gasteiger partial charge is 0.365 e. The van der Waals surface area contributed by atoms with E-state index in [1.165, 1.54) is 5.56 Å². The van der Waals surface area contributed by atoms with Crippen molar-refractivity contribution in [3.05, 3.63) is 105 Å². The molecule has 0 bridgehead atoms. The summed E-state index contributed by atoms with van der Waals surface area (Å²) in [6.45, 7) is 1.98. The van der Waals surface area contributed by atoms with Crippen LogP contribution >= 0.6 is 27.5 Å². The standard InChI is InChI=1S/C24H19BrClNO2/c1-15-2-4-18(5-3-15)24(28)29-27-23(17-6-10-19(25)11-7-17)22-14-21(22)16-8-12-20(26)13-9-16/h2-13,21-22H,14H2,1H3/b27-23-. The smallest absolute Gasteiger partial charge is 0.313 e. The molecule has 1 saturated carbocycles. The number of hydrogen-bond donors (Lipinski definition) is 0. The fourth-order valence-electron chi connectivity index (χ4n) is 3.36. The summed E-state index contributed by atoms with van der Waals surface area (Å²) in [6.07, 6.45) is 0.957. The van der Waals surface area contributed by atoms with Crippen molar-refractivity contribution in [3.63, 3.8) is 0 Å². The van der Waals surface area contributed by atoms with Crippen molar-refractivity contribution >= 4 is 39.2 Å². The maximum absolute atomic E-state index is 12.4. The third kappa shape index (κ3) is 4.77. The molecule has 3 nitrogen and oxygen atoms in total. The topological polar surface area (TPSA) is 38.7 Å². The Morgan fingerprint density at radius 1 is 0.966 bits per heavy atom. The second kappa shape index (κ2) is 8.52. The molecule has 0 heterocycles. The molecule has 29 heavy (non-hydrogen) atoms. The van der Waals surface area contributed by atoms with Gasteiger partial charge in [-0.1, -0.05) is 74.6 Å². The van der Waals surface area contributed by atoms with Crippen LogP contribution in [-0.4, -0.2) is 11.7 Å². The summed E-state index contributed by atoms with van der Waals surface area (Å²) in [5.74, 6) is 0.0826. The highest BCUT2D eigenvalue weighted by atomic mass is 79.9. The lowest BCUT2D eigenvalue weighted by atomic mass is 10.0. The van der Waals surface area contributed by atoms with Gasteiger partial charge in [0.25, 0.3) is 0 Å². The van der Waals surface area contributed by atoms with E-state index in [0.29, 0.717) is 11.5 Å². The molecule has 0 radical (unpaired) electrons. The molecular formula is C24H19BrClNO2. The first-order valence-electron chi connectivity index (χ1n) is 9.38. The zero-order valence-electron chi connectivity index (χ0n) is 15.8. The lowest BCUT2D eigenvalue weighted by molar-refractivity contribution is 0.0515. The van der Waals surface area contributed by atoms with Gasteiger partial charge in [-0.2, -0.15) is 0 Å². The fraction of sp³-hybridized carbons (Fsp3) is 0.167.